The number of fused-ring (bicyclic) bond motifs is 8. The van der Waals surface area contributed by atoms with Crippen LogP contribution in [0.15, 0.2) is 189 Å². The molecule has 4 spiro atoms. The lowest BCUT2D eigenvalue weighted by molar-refractivity contribution is -0.0309. The van der Waals surface area contributed by atoms with Gasteiger partial charge in [-0.1, -0.05) is 48.5 Å². The van der Waals surface area contributed by atoms with Crippen LogP contribution in [-0.2, 0) is 9.47 Å². The summed E-state index contributed by atoms with van der Waals surface area (Å²) in [7, 11) is 2.08. The van der Waals surface area contributed by atoms with Crippen LogP contribution < -0.4 is 28.3 Å². The van der Waals surface area contributed by atoms with Crippen LogP contribution in [0.3, 0.4) is 0 Å². The van der Waals surface area contributed by atoms with Crippen molar-refractivity contribution in [2.75, 3.05) is 56.3 Å². The quantitative estimate of drug-likeness (QED) is 0.0672. The van der Waals surface area contributed by atoms with Crippen molar-refractivity contribution < 1.29 is 50.3 Å². The molecule has 0 radical (unpaired) electrons. The van der Waals surface area contributed by atoms with Crippen LogP contribution in [0.4, 0.5) is 23.3 Å². The minimum absolute atomic E-state index is 0.0626. The highest BCUT2D eigenvalue weighted by Crippen LogP contribution is 2.60. The number of aryl methyl sites for hydroxylation is 4. The highest BCUT2D eigenvalue weighted by atomic mass is 79.9. The topological polar surface area (TPSA) is 474 Å². The molecule has 36 heteroatoms. The first-order valence-corrected chi connectivity index (χ1v) is 47.7. The molecule has 16 aromatic rings. The van der Waals surface area contributed by atoms with Gasteiger partial charge in [0.25, 0.3) is 0 Å². The largest absolute Gasteiger partial charge is 0.390 e. The van der Waals surface area contributed by atoms with E-state index in [1.165, 1.54) is 12.7 Å². The van der Waals surface area contributed by atoms with Gasteiger partial charge in [0, 0.05) is 115 Å². The maximum atomic E-state index is 11.3. The number of aliphatic hydroxyl groups is 8. The molecule has 0 bridgehead atoms. The molecule has 17 N–H and O–H groups in total. The number of hydrogen-bond acceptors (Lipinski definition) is 28. The summed E-state index contributed by atoms with van der Waals surface area (Å²) in [5.41, 5.74) is 36.3. The molecule has 20 atom stereocenters. The van der Waals surface area contributed by atoms with E-state index < -0.39 is 70.5 Å². The van der Waals surface area contributed by atoms with Crippen LogP contribution in [0.25, 0.3) is 87.7 Å². The van der Waals surface area contributed by atoms with Crippen LogP contribution in [0.1, 0.15) is 145 Å². The van der Waals surface area contributed by atoms with Gasteiger partial charge in [-0.2, -0.15) is 0 Å². The Labute approximate surface area is 796 Å². The van der Waals surface area contributed by atoms with Gasteiger partial charge in [-0.15, -0.1) is 0 Å². The van der Waals surface area contributed by atoms with E-state index in [1.54, 1.807) is 12.7 Å². The predicted octanol–water partition coefficient (Wildman–Crippen LogP) is 13.3. The predicted molar refractivity (Wildman–Crippen MR) is 519 cm³/mol. The second kappa shape index (κ2) is 34.2. The number of nitrogens with two attached hydrogens (primary N) is 4. The van der Waals surface area contributed by atoms with Gasteiger partial charge >= 0.3 is 0 Å². The first-order chi connectivity index (χ1) is 63.8. The summed E-state index contributed by atoms with van der Waals surface area (Å²) in [6.45, 7) is 9.89. The Morgan fingerprint density at radius 2 is 0.654 bits per heavy atom. The number of hydrogen-bond donors (Lipinski definition) is 13. The lowest BCUT2D eigenvalue weighted by Gasteiger charge is -2.27. The van der Waals surface area contributed by atoms with Crippen molar-refractivity contribution >= 4 is 175 Å². The van der Waals surface area contributed by atoms with Crippen LogP contribution in [-0.4, -0.2) is 206 Å². The monoisotopic (exact) mass is 2050 g/mol. The summed E-state index contributed by atoms with van der Waals surface area (Å²) in [5.74, 6) is 1.82. The van der Waals surface area contributed by atoms with E-state index in [2.05, 4.69) is 171 Å². The molecule has 12 aromatic heterocycles. The van der Waals surface area contributed by atoms with Crippen molar-refractivity contribution in [3.63, 3.8) is 0 Å². The van der Waals surface area contributed by atoms with Gasteiger partial charge in [-0.05, 0) is 245 Å². The maximum Gasteiger partial charge on any atom is 0.143 e. The lowest BCUT2D eigenvalue weighted by atomic mass is 9.80. The number of halogens is 4. The van der Waals surface area contributed by atoms with Gasteiger partial charge in [-0.25, -0.2) is 59.8 Å². The van der Waals surface area contributed by atoms with Gasteiger partial charge in [0.2, 0.25) is 0 Å². The number of anilines is 4. The Bertz CT molecular complexity index is 6790. The maximum absolute atomic E-state index is 11.3. The van der Waals surface area contributed by atoms with Crippen molar-refractivity contribution in [2.24, 2.45) is 21.7 Å². The first-order valence-electron chi connectivity index (χ1n) is 44.5. The average Bonchev–Trinajstić information content (AvgIpc) is 1.56. The molecular formula is C97H100Br4N22O10. The number of likely N-dealkylation sites (tertiary alicyclic amines) is 1. The molecule has 686 valence electrons. The molecule has 8 aliphatic rings. The molecule has 20 unspecified atom stereocenters. The highest BCUT2D eigenvalue weighted by Gasteiger charge is 2.62. The SMILES string of the molecule is Cc1ncnc2c1ccn2C1CC2(CC(c3ccc4cc(Br)c(N)nc4c3)N(C)C2)C(O)C1O.Cc1ncnc2c1ccn2C1CC2(CNC(c3ccc4cc(Br)c(N)nc4c3)C2)C(O)C1O.Cc1ncnc2c1ccn2C1CC2(COC(c3ccc4cc(Br)c(N)nc4c3)C2)C(O)C1O.Cc1ncnc2c1ccn2C1CC2(COC(c3ccc4cc(Br)c(N)nc4c3)C2)C(O)C1O. The minimum Gasteiger partial charge on any atom is -0.390 e. The highest BCUT2D eigenvalue weighted by molar-refractivity contribution is 9.11. The molecule has 133 heavy (non-hydrogen) atoms. The smallest absolute Gasteiger partial charge is 0.143 e. The third kappa shape index (κ3) is 15.4. The number of pyridine rings is 4. The summed E-state index contributed by atoms with van der Waals surface area (Å²) in [6.07, 6.45) is 11.8. The lowest BCUT2D eigenvalue weighted by Crippen LogP contribution is -2.38. The van der Waals surface area contributed by atoms with E-state index in [4.69, 9.17) is 32.4 Å². The third-order valence-electron chi connectivity index (χ3n) is 30.3. The Morgan fingerprint density at radius 3 is 1.02 bits per heavy atom. The van der Waals surface area contributed by atoms with Gasteiger partial charge in [0.15, 0.2) is 0 Å². The number of rotatable bonds is 8. The Kier molecular flexibility index (Phi) is 22.9. The normalized spacial score (nSPS) is 29.6. The molecule has 16 heterocycles. The van der Waals surface area contributed by atoms with E-state index in [1.807, 2.05) is 162 Å². The molecule has 4 aliphatic heterocycles. The van der Waals surface area contributed by atoms with E-state index in [-0.39, 0.29) is 48.5 Å². The summed E-state index contributed by atoms with van der Waals surface area (Å²) < 4.78 is 23.5. The molecule has 4 aliphatic carbocycles. The molecule has 32 nitrogen and oxygen atoms in total. The van der Waals surface area contributed by atoms with Gasteiger partial charge in [0.1, 0.15) is 95.6 Å². The van der Waals surface area contributed by atoms with Gasteiger partial charge in [-0.3, -0.25) is 4.90 Å². The zero-order valence-electron chi connectivity index (χ0n) is 73.2. The second-order valence-corrected chi connectivity index (χ2v) is 41.4. The fraction of sp³-hybridized carbons (Fsp3) is 0.381. The molecule has 24 rings (SSSR count). The first kappa shape index (κ1) is 89.2. The Morgan fingerprint density at radius 1 is 0.353 bits per heavy atom. The van der Waals surface area contributed by atoms with Gasteiger partial charge in [0.05, 0.1) is 137 Å². The zero-order valence-corrected chi connectivity index (χ0v) is 79.6. The third-order valence-corrected chi connectivity index (χ3v) is 32.8. The van der Waals surface area contributed by atoms with Crippen LogP contribution >= 0.6 is 63.7 Å². The summed E-state index contributed by atoms with van der Waals surface area (Å²) in [6, 6.07) is 39.4. The molecule has 4 saturated heterocycles. The number of benzene rings is 4. The van der Waals surface area contributed by atoms with E-state index in [0.29, 0.717) is 88.1 Å². The molecule has 0 amide bonds. The van der Waals surface area contributed by atoms with E-state index in [9.17, 15) is 40.9 Å². The fourth-order valence-corrected chi connectivity index (χ4v) is 24.4. The zero-order chi connectivity index (χ0) is 92.5. The summed E-state index contributed by atoms with van der Waals surface area (Å²) >= 11 is 13.7. The summed E-state index contributed by atoms with van der Waals surface area (Å²) in [5, 5.41) is 101. The second-order valence-electron chi connectivity index (χ2n) is 38.0. The fourth-order valence-electron chi connectivity index (χ4n) is 23.0. The van der Waals surface area contributed by atoms with Crippen molar-refractivity contribution in [3.05, 3.63) is 234 Å². The minimum atomic E-state index is -0.909. The Balaban J connectivity index is 0.000000107. The number of aromatic nitrogens is 16. The molecule has 4 aromatic carbocycles. The van der Waals surface area contributed by atoms with Crippen LogP contribution in [0, 0.1) is 49.4 Å². The standard InChI is InChI=1S/C25H27BrN6O2.C24H25BrN6O2.2C24H24BrN5O3/c1-13-16-5-6-32(24(16)29-12-28-13)20-10-25(22(34)21(20)33)9-19(31(2)11-25)15-4-3-14-7-17(26)23(27)30-18(14)8-15;1-12-15-4-5-31(23(15)29-11-28-12)19-9-24(21(33)20(19)32)8-18(27-10-24)14-3-2-13-6-16(25)22(26)30-17(13)7-14;2*1-12-15-4-5-30(23(15)28-11-27-12)18-8-24(21(32)20(18)31)9-19(33-10-24)14-3-2-13-6-16(25)22(26)29-17(13)7-14/h3-8,12,19-22,33-34H,9-11H2,1-2H3,(H2,27,30);2-7,11,18-21,27,32-33H,8-10H2,1H3,(H2,26,30);2*2-7,11,18-21,31-32H,8-10H2,1H3,(H2,26,29). The van der Waals surface area contributed by atoms with Crippen LogP contribution in [0.2, 0.25) is 0 Å². The molecule has 4 saturated carbocycles. The Hall–Kier alpha value is -10.4. The van der Waals surface area contributed by atoms with E-state index >= 15 is 0 Å². The molecule has 8 fully saturated rings. The van der Waals surface area contributed by atoms with Crippen molar-refractivity contribution in [1.82, 2.24) is 88.3 Å². The van der Waals surface area contributed by atoms with Crippen molar-refractivity contribution in [2.45, 2.75) is 176 Å². The number of aliphatic hydroxyl groups excluding tert-OH is 8. The number of nitrogens with zero attached hydrogens (tertiary/aromatic N) is 17. The summed E-state index contributed by atoms with van der Waals surface area (Å²) in [4.78, 5) is 55.1. The number of ether oxygens (including phenoxy) is 2. The number of nitrogen functional groups attached to an aromatic ring is 4. The average molecular weight is 2050 g/mol. The molecular weight excluding hydrogens is 1950 g/mol. The van der Waals surface area contributed by atoms with Crippen LogP contribution in [0.5, 0.6) is 0 Å². The van der Waals surface area contributed by atoms with Crippen molar-refractivity contribution in [3.8, 4) is 0 Å². The van der Waals surface area contributed by atoms with Crippen molar-refractivity contribution in [1.29, 1.82) is 0 Å². The van der Waals surface area contributed by atoms with E-state index in [0.717, 1.165) is 164 Å². The number of nitrogens with one attached hydrogen (secondary N) is 1. The van der Waals surface area contributed by atoms with Gasteiger partial charge < -0.3 is 96.8 Å².